The summed E-state index contributed by atoms with van der Waals surface area (Å²) < 4.78 is 14.6. The van der Waals surface area contributed by atoms with Crippen molar-refractivity contribution < 1.29 is 9.18 Å². The fourth-order valence-corrected chi connectivity index (χ4v) is 4.23. The number of likely N-dealkylation sites (tertiary alicyclic amines) is 1. The van der Waals surface area contributed by atoms with Gasteiger partial charge in [0.2, 0.25) is 0 Å². The van der Waals surface area contributed by atoms with E-state index in [1.165, 1.54) is 24.5 Å². The van der Waals surface area contributed by atoms with Gasteiger partial charge in [-0.05, 0) is 50.9 Å². The van der Waals surface area contributed by atoms with Crippen LogP contribution in [0, 0.1) is 11.7 Å². The first-order valence-corrected chi connectivity index (χ1v) is 11.1. The van der Waals surface area contributed by atoms with Crippen molar-refractivity contribution in [2.45, 2.75) is 50.3 Å². The molecule has 1 aliphatic heterocycles. The third kappa shape index (κ3) is 7.23. The highest BCUT2D eigenvalue weighted by atomic mass is 35.5. The van der Waals surface area contributed by atoms with Crippen molar-refractivity contribution in [1.29, 1.82) is 0 Å². The van der Waals surface area contributed by atoms with Gasteiger partial charge in [0.25, 0.3) is 0 Å². The van der Waals surface area contributed by atoms with Gasteiger partial charge in [-0.1, -0.05) is 37.6 Å². The van der Waals surface area contributed by atoms with E-state index in [0.29, 0.717) is 12.1 Å². The first kappa shape index (κ1) is 27.4. The molecule has 7 heteroatoms. The fraction of sp³-hybridized carbons (Fsp3) is 0.609. The van der Waals surface area contributed by atoms with Gasteiger partial charge in [0.05, 0.1) is 6.04 Å². The number of carbonyl (C=O) groups excluding carboxylic acids is 1. The van der Waals surface area contributed by atoms with Crippen molar-refractivity contribution in [3.8, 4) is 0 Å². The molecule has 0 radical (unpaired) electrons. The van der Waals surface area contributed by atoms with E-state index in [1.807, 2.05) is 6.07 Å². The van der Waals surface area contributed by atoms with Gasteiger partial charge in [-0.2, -0.15) is 12.6 Å². The van der Waals surface area contributed by atoms with Crippen molar-refractivity contribution in [2.24, 2.45) is 5.92 Å². The van der Waals surface area contributed by atoms with E-state index in [9.17, 15) is 9.18 Å². The number of hydrogen-bond acceptors (Lipinski definition) is 4. The number of piperidine rings is 1. The average Bonchev–Trinajstić information content (AvgIpc) is 3.53. The number of nitrogens with zero attached hydrogens (tertiary/aromatic N) is 2. The Labute approximate surface area is 198 Å². The number of likely N-dealkylation sites (N-methyl/N-ethyl adjacent to an activating group) is 1. The Hall–Kier alpha value is -0.590. The van der Waals surface area contributed by atoms with Gasteiger partial charge in [0.15, 0.2) is 5.78 Å². The molecule has 2 unspecified atom stereocenters. The Morgan fingerprint density at radius 1 is 1.30 bits per heavy atom. The second-order valence-electron chi connectivity index (χ2n) is 8.27. The number of unbranched alkanes of at least 4 members (excludes halogenated alkanes) is 1. The van der Waals surface area contributed by atoms with E-state index in [4.69, 9.17) is 12.6 Å². The number of benzene rings is 1. The van der Waals surface area contributed by atoms with Crippen LogP contribution >= 0.6 is 37.4 Å². The second kappa shape index (κ2) is 13.1. The van der Waals surface area contributed by atoms with Crippen molar-refractivity contribution in [2.75, 3.05) is 33.2 Å². The summed E-state index contributed by atoms with van der Waals surface area (Å²) in [6, 6.07) is 6.28. The number of Topliss-reactive ketones (excluding diaryl/α,β-unsaturated/α-hetero) is 1. The van der Waals surface area contributed by atoms with Gasteiger partial charge in [-0.25, -0.2) is 4.39 Å². The maximum absolute atomic E-state index is 14.6. The van der Waals surface area contributed by atoms with E-state index >= 15 is 0 Å². The van der Waals surface area contributed by atoms with E-state index < -0.39 is 6.04 Å². The predicted octanol–water partition coefficient (Wildman–Crippen LogP) is 5.35. The van der Waals surface area contributed by atoms with Crippen molar-refractivity contribution >= 4 is 43.2 Å². The summed E-state index contributed by atoms with van der Waals surface area (Å²) >= 11 is 4.78. The zero-order valence-corrected chi connectivity index (χ0v) is 20.5. The molecule has 0 N–H and O–H groups in total. The van der Waals surface area contributed by atoms with Gasteiger partial charge < -0.3 is 4.90 Å². The van der Waals surface area contributed by atoms with E-state index in [1.54, 1.807) is 12.1 Å². The molecular formula is C23H35Cl2FN2OS. The molecule has 1 aromatic rings. The average molecular weight is 478 g/mol. The van der Waals surface area contributed by atoms with Crippen LogP contribution in [0.1, 0.15) is 50.6 Å². The first-order valence-electron chi connectivity index (χ1n) is 10.6. The summed E-state index contributed by atoms with van der Waals surface area (Å²) in [6.45, 7) is 5.64. The zero-order chi connectivity index (χ0) is 20.1. The summed E-state index contributed by atoms with van der Waals surface area (Å²) in [5.74, 6) is 0.00684. The van der Waals surface area contributed by atoms with Crippen LogP contribution in [0.25, 0.3) is 0 Å². The zero-order valence-electron chi connectivity index (χ0n) is 17.9. The highest BCUT2D eigenvalue weighted by molar-refractivity contribution is 7.81. The minimum Gasteiger partial charge on any atom is -0.303 e. The lowest BCUT2D eigenvalue weighted by Gasteiger charge is -2.38. The molecule has 0 bridgehead atoms. The summed E-state index contributed by atoms with van der Waals surface area (Å²) in [5.41, 5.74) is 1.78. The molecular weight excluding hydrogens is 442 g/mol. The summed E-state index contributed by atoms with van der Waals surface area (Å²) in [5, 5.41) is 0.216. The SMILES string of the molecule is CCCCN(C)C/C=C1/CN(C(C(=O)C2CC2)c2ccccc2F)CCC1S.Cl.Cl. The molecule has 1 saturated heterocycles. The molecule has 2 aliphatic rings. The minimum absolute atomic E-state index is 0. The molecule has 0 aromatic heterocycles. The molecule has 30 heavy (non-hydrogen) atoms. The quantitative estimate of drug-likeness (QED) is 0.383. The van der Waals surface area contributed by atoms with Crippen LogP contribution in [-0.2, 0) is 4.79 Å². The maximum atomic E-state index is 14.6. The van der Waals surface area contributed by atoms with Crippen molar-refractivity contribution in [3.63, 3.8) is 0 Å². The summed E-state index contributed by atoms with van der Waals surface area (Å²) in [6.07, 6.45) is 7.42. The summed E-state index contributed by atoms with van der Waals surface area (Å²) in [4.78, 5) is 17.6. The second-order valence-corrected chi connectivity index (χ2v) is 8.89. The molecule has 2 fully saturated rings. The Morgan fingerprint density at radius 3 is 2.63 bits per heavy atom. The van der Waals surface area contributed by atoms with Crippen molar-refractivity contribution in [3.05, 3.63) is 47.3 Å². The molecule has 0 amide bonds. The topological polar surface area (TPSA) is 23.6 Å². The predicted molar refractivity (Wildman–Crippen MR) is 131 cm³/mol. The lowest BCUT2D eigenvalue weighted by atomic mass is 9.93. The van der Waals surface area contributed by atoms with Gasteiger partial charge in [0, 0.05) is 36.4 Å². The number of halogens is 3. The molecule has 1 aromatic carbocycles. The first-order chi connectivity index (χ1) is 13.5. The molecule has 170 valence electrons. The maximum Gasteiger partial charge on any atom is 0.157 e. The molecule has 2 atom stereocenters. The van der Waals surface area contributed by atoms with Gasteiger partial charge in [0.1, 0.15) is 5.82 Å². The van der Waals surface area contributed by atoms with Gasteiger partial charge in [-0.3, -0.25) is 9.69 Å². The Balaban J connectivity index is 0.00000225. The van der Waals surface area contributed by atoms with E-state index in [2.05, 4.69) is 29.8 Å². The van der Waals surface area contributed by atoms with E-state index in [0.717, 1.165) is 38.9 Å². The minimum atomic E-state index is -0.476. The normalized spacial score (nSPS) is 21.8. The standard InChI is InChI=1S/C23H33FN2OS.2ClH/c1-3-4-13-25(2)14-11-18-16-26(15-12-21(18)28)22(23(27)17-9-10-17)19-7-5-6-8-20(19)24;;/h5-8,11,17,21-22,28H,3-4,9-10,12-16H2,1-2H3;2*1H/b18-11-;;. The lowest BCUT2D eigenvalue weighted by Crippen LogP contribution is -2.43. The van der Waals surface area contributed by atoms with Crippen LogP contribution in [0.5, 0.6) is 0 Å². The third-order valence-corrected chi connectivity index (χ3v) is 6.47. The number of rotatable bonds is 9. The highest BCUT2D eigenvalue weighted by Gasteiger charge is 2.40. The van der Waals surface area contributed by atoms with Crippen LogP contribution in [-0.4, -0.2) is 54.1 Å². The summed E-state index contributed by atoms with van der Waals surface area (Å²) in [7, 11) is 2.14. The number of hydrogen-bond donors (Lipinski definition) is 1. The van der Waals surface area contributed by atoms with Gasteiger partial charge in [-0.15, -0.1) is 24.8 Å². The molecule has 0 spiro atoms. The molecule has 3 nitrogen and oxygen atoms in total. The molecule has 1 saturated carbocycles. The molecule has 1 heterocycles. The molecule has 1 aliphatic carbocycles. The Bertz CT molecular complexity index is 714. The van der Waals surface area contributed by atoms with E-state index in [-0.39, 0.29) is 47.6 Å². The number of ketones is 1. The van der Waals surface area contributed by atoms with Crippen LogP contribution in [0.15, 0.2) is 35.9 Å². The van der Waals surface area contributed by atoms with Crippen molar-refractivity contribution in [1.82, 2.24) is 9.80 Å². The fourth-order valence-electron chi connectivity index (χ4n) is 3.92. The van der Waals surface area contributed by atoms with Crippen LogP contribution in [0.4, 0.5) is 4.39 Å². The monoisotopic (exact) mass is 476 g/mol. The van der Waals surface area contributed by atoms with Crippen LogP contribution < -0.4 is 0 Å². The largest absolute Gasteiger partial charge is 0.303 e. The van der Waals surface area contributed by atoms with Crippen LogP contribution in [0.3, 0.4) is 0 Å². The Morgan fingerprint density at radius 2 is 2.00 bits per heavy atom. The smallest absolute Gasteiger partial charge is 0.157 e. The number of thiol groups is 1. The number of carbonyl (C=O) groups is 1. The molecule has 3 rings (SSSR count). The van der Waals surface area contributed by atoms with Gasteiger partial charge >= 0.3 is 0 Å². The third-order valence-electron chi connectivity index (χ3n) is 5.88. The highest BCUT2D eigenvalue weighted by Crippen LogP contribution is 2.39. The van der Waals surface area contributed by atoms with Crippen LogP contribution in [0.2, 0.25) is 0 Å². The lowest BCUT2D eigenvalue weighted by molar-refractivity contribution is -0.126. The Kier molecular flexibility index (Phi) is 12.0.